The second kappa shape index (κ2) is 5.69. The number of rotatable bonds is 4. The van der Waals surface area contributed by atoms with E-state index in [-0.39, 0.29) is 5.88 Å². The molecule has 5 nitrogen and oxygen atoms in total. The van der Waals surface area contributed by atoms with E-state index in [0.29, 0.717) is 12.3 Å². The summed E-state index contributed by atoms with van der Waals surface area (Å²) in [6.45, 7) is 1.38. The van der Waals surface area contributed by atoms with Crippen LogP contribution in [-0.2, 0) is 24.0 Å². The molecule has 0 spiro atoms. The first kappa shape index (κ1) is 13.3. The molecule has 1 aliphatic heterocycles. The number of hydrogen-bond acceptors (Lipinski definition) is 5. The molecule has 0 saturated heterocycles. The van der Waals surface area contributed by atoms with Gasteiger partial charge in [0.05, 0.1) is 20.1 Å². The summed E-state index contributed by atoms with van der Waals surface area (Å²) in [7, 11) is 3.21. The van der Waals surface area contributed by atoms with Gasteiger partial charge in [-0.1, -0.05) is 0 Å². The Kier molecular flexibility index (Phi) is 4.21. The van der Waals surface area contributed by atoms with Crippen LogP contribution in [0.15, 0.2) is 12.1 Å². The zero-order chi connectivity index (χ0) is 13.1. The largest absolute Gasteiger partial charge is 0.771 e. The van der Waals surface area contributed by atoms with Crippen molar-refractivity contribution in [3.8, 4) is 11.5 Å². The van der Waals surface area contributed by atoms with Crippen molar-refractivity contribution in [3.05, 3.63) is 23.3 Å². The van der Waals surface area contributed by atoms with Crippen LogP contribution in [0.3, 0.4) is 0 Å². The fourth-order valence-electron chi connectivity index (χ4n) is 2.20. The van der Waals surface area contributed by atoms with Crippen LogP contribution in [0.4, 0.5) is 0 Å². The predicted octanol–water partition coefficient (Wildman–Crippen LogP) is 0.899. The standard InChI is InChI=1S/C12H17NO4S/c1-16-11-5-9-3-4-13(8-18(14)15)7-10(9)6-12(11)17-2/h5-6H,3-4,7-8H2,1-2H3,(H,14,15)/p-1. The molecule has 1 aromatic rings. The number of nitrogens with zero attached hydrogens (tertiary/aromatic N) is 1. The maximum Gasteiger partial charge on any atom is 0.161 e. The molecule has 0 saturated carbocycles. The van der Waals surface area contributed by atoms with E-state index < -0.39 is 11.1 Å². The van der Waals surface area contributed by atoms with Gasteiger partial charge in [-0.05, 0) is 40.8 Å². The Bertz CT molecular complexity index is 464. The minimum Gasteiger partial charge on any atom is -0.771 e. The van der Waals surface area contributed by atoms with Crippen molar-refractivity contribution in [2.45, 2.75) is 13.0 Å². The van der Waals surface area contributed by atoms with Crippen LogP contribution < -0.4 is 9.47 Å². The molecular weight excluding hydrogens is 254 g/mol. The van der Waals surface area contributed by atoms with Gasteiger partial charge in [0.2, 0.25) is 0 Å². The Morgan fingerprint density at radius 3 is 2.44 bits per heavy atom. The normalized spacial score (nSPS) is 17.1. The average molecular weight is 270 g/mol. The first-order valence-electron chi connectivity index (χ1n) is 5.66. The molecule has 1 heterocycles. The van der Waals surface area contributed by atoms with E-state index >= 15 is 0 Å². The molecule has 0 radical (unpaired) electrons. The Morgan fingerprint density at radius 2 is 1.89 bits per heavy atom. The van der Waals surface area contributed by atoms with E-state index in [1.165, 1.54) is 5.56 Å². The van der Waals surface area contributed by atoms with Crippen molar-refractivity contribution in [1.29, 1.82) is 0 Å². The van der Waals surface area contributed by atoms with Gasteiger partial charge in [0.1, 0.15) is 0 Å². The van der Waals surface area contributed by atoms with Crippen LogP contribution in [0.2, 0.25) is 0 Å². The van der Waals surface area contributed by atoms with Gasteiger partial charge in [-0.3, -0.25) is 9.11 Å². The van der Waals surface area contributed by atoms with Gasteiger partial charge in [-0.2, -0.15) is 0 Å². The van der Waals surface area contributed by atoms with Crippen molar-refractivity contribution in [2.75, 3.05) is 26.6 Å². The molecule has 1 atom stereocenters. The van der Waals surface area contributed by atoms with E-state index in [1.807, 2.05) is 17.0 Å². The number of fused-ring (bicyclic) bond motifs is 1. The van der Waals surface area contributed by atoms with Crippen molar-refractivity contribution >= 4 is 11.1 Å². The number of benzene rings is 1. The third-order valence-electron chi connectivity index (χ3n) is 3.09. The highest BCUT2D eigenvalue weighted by atomic mass is 32.2. The molecule has 0 bridgehead atoms. The highest BCUT2D eigenvalue weighted by Crippen LogP contribution is 2.33. The second-order valence-corrected chi connectivity index (χ2v) is 5.08. The molecule has 18 heavy (non-hydrogen) atoms. The summed E-state index contributed by atoms with van der Waals surface area (Å²) in [5, 5.41) is 0. The highest BCUT2D eigenvalue weighted by Gasteiger charge is 2.19. The summed E-state index contributed by atoms with van der Waals surface area (Å²) in [4.78, 5) is 1.90. The Labute approximate surface area is 109 Å². The lowest BCUT2D eigenvalue weighted by Gasteiger charge is -2.29. The monoisotopic (exact) mass is 270 g/mol. The van der Waals surface area contributed by atoms with E-state index in [4.69, 9.17) is 9.47 Å². The fourth-order valence-corrected chi connectivity index (χ4v) is 2.72. The van der Waals surface area contributed by atoms with Crippen LogP contribution in [0.5, 0.6) is 11.5 Å². The van der Waals surface area contributed by atoms with Gasteiger partial charge in [-0.15, -0.1) is 0 Å². The SMILES string of the molecule is COc1cc2c(cc1OC)CN(CS(=O)[O-])CC2. The van der Waals surface area contributed by atoms with Gasteiger partial charge in [0, 0.05) is 13.1 Å². The molecule has 0 aromatic heterocycles. The summed E-state index contributed by atoms with van der Waals surface area (Å²) in [5.74, 6) is 1.48. The molecule has 0 aliphatic carbocycles. The number of ether oxygens (including phenoxy) is 2. The third kappa shape index (κ3) is 2.82. The summed E-state index contributed by atoms with van der Waals surface area (Å²) in [6.07, 6.45) is 0.826. The number of methoxy groups -OCH3 is 2. The lowest BCUT2D eigenvalue weighted by Crippen LogP contribution is -2.33. The molecule has 0 fully saturated rings. The molecule has 100 valence electrons. The van der Waals surface area contributed by atoms with Crippen molar-refractivity contribution < 1.29 is 18.2 Å². The first-order valence-corrected chi connectivity index (χ1v) is 6.90. The van der Waals surface area contributed by atoms with Crippen molar-refractivity contribution in [3.63, 3.8) is 0 Å². The zero-order valence-corrected chi connectivity index (χ0v) is 11.3. The molecule has 1 unspecified atom stereocenters. The third-order valence-corrected chi connectivity index (χ3v) is 3.66. The Balaban J connectivity index is 2.24. The molecule has 6 heteroatoms. The van der Waals surface area contributed by atoms with E-state index in [9.17, 15) is 8.76 Å². The Morgan fingerprint density at radius 1 is 1.28 bits per heavy atom. The quantitative estimate of drug-likeness (QED) is 0.761. The summed E-state index contributed by atoms with van der Waals surface area (Å²) < 4.78 is 31.9. The van der Waals surface area contributed by atoms with E-state index in [0.717, 1.165) is 24.3 Å². The summed E-state index contributed by atoms with van der Waals surface area (Å²) in [6, 6.07) is 3.90. The topological polar surface area (TPSA) is 61.8 Å². The fraction of sp³-hybridized carbons (Fsp3) is 0.500. The molecule has 2 rings (SSSR count). The summed E-state index contributed by atoms with van der Waals surface area (Å²) in [5.41, 5.74) is 2.30. The van der Waals surface area contributed by atoms with Gasteiger partial charge in [-0.25, -0.2) is 0 Å². The second-order valence-electron chi connectivity index (χ2n) is 4.21. The van der Waals surface area contributed by atoms with Crippen LogP contribution in [0.1, 0.15) is 11.1 Å². The predicted molar refractivity (Wildman–Crippen MR) is 67.4 cm³/mol. The van der Waals surface area contributed by atoms with Gasteiger partial charge in [0.25, 0.3) is 0 Å². The lowest BCUT2D eigenvalue weighted by atomic mass is 9.99. The molecule has 1 aromatic carbocycles. The first-order chi connectivity index (χ1) is 8.63. The highest BCUT2D eigenvalue weighted by molar-refractivity contribution is 7.79. The maximum atomic E-state index is 10.7. The average Bonchev–Trinajstić information content (AvgIpc) is 2.36. The van der Waals surface area contributed by atoms with Crippen LogP contribution >= 0.6 is 0 Å². The van der Waals surface area contributed by atoms with Gasteiger partial charge < -0.3 is 14.0 Å². The Hall–Kier alpha value is -1.11. The molecule has 1 aliphatic rings. The molecule has 0 amide bonds. The lowest BCUT2D eigenvalue weighted by molar-refractivity contribution is 0.287. The van der Waals surface area contributed by atoms with Crippen LogP contribution in [0, 0.1) is 0 Å². The van der Waals surface area contributed by atoms with Crippen LogP contribution in [0.25, 0.3) is 0 Å². The zero-order valence-electron chi connectivity index (χ0n) is 10.5. The smallest absolute Gasteiger partial charge is 0.161 e. The minimum absolute atomic E-state index is 0.0772. The van der Waals surface area contributed by atoms with E-state index in [1.54, 1.807) is 14.2 Å². The maximum absolute atomic E-state index is 10.7. The van der Waals surface area contributed by atoms with Gasteiger partial charge >= 0.3 is 0 Å². The van der Waals surface area contributed by atoms with Crippen molar-refractivity contribution in [1.82, 2.24) is 4.90 Å². The van der Waals surface area contributed by atoms with E-state index in [2.05, 4.69) is 0 Å². The molecular formula is C12H16NO4S-. The van der Waals surface area contributed by atoms with Gasteiger partial charge in [0.15, 0.2) is 11.5 Å². The minimum atomic E-state index is -2.03. The summed E-state index contributed by atoms with van der Waals surface area (Å²) >= 11 is -2.03. The van der Waals surface area contributed by atoms with Crippen LogP contribution in [-0.4, -0.2) is 40.3 Å². The number of hydrogen-bond donors (Lipinski definition) is 0. The van der Waals surface area contributed by atoms with Crippen molar-refractivity contribution in [2.24, 2.45) is 0 Å². The molecule has 0 N–H and O–H groups in total.